The SMILES string of the molecule is C=Cc1ccccc1-c1ccc2c(c1)OCC(C)(C)C2NC(=O)O[C@@H]1CN2CCC1CC2. The highest BCUT2D eigenvalue weighted by molar-refractivity contribution is 5.76. The van der Waals surface area contributed by atoms with Gasteiger partial charge in [0.2, 0.25) is 0 Å². The fourth-order valence-corrected chi connectivity index (χ4v) is 5.38. The summed E-state index contributed by atoms with van der Waals surface area (Å²) in [4.78, 5) is 15.3. The van der Waals surface area contributed by atoms with E-state index in [0.29, 0.717) is 12.5 Å². The van der Waals surface area contributed by atoms with E-state index in [1.807, 2.05) is 18.2 Å². The van der Waals surface area contributed by atoms with Crippen molar-refractivity contribution >= 4 is 12.2 Å². The highest BCUT2D eigenvalue weighted by Crippen LogP contribution is 2.44. The van der Waals surface area contributed by atoms with Crippen molar-refractivity contribution in [1.29, 1.82) is 0 Å². The number of ether oxygens (including phenoxy) is 2. The number of fused-ring (bicyclic) bond motifs is 4. The minimum Gasteiger partial charge on any atom is -0.493 e. The molecule has 4 aliphatic heterocycles. The first-order valence-electron chi connectivity index (χ1n) is 11.6. The summed E-state index contributed by atoms with van der Waals surface area (Å²) >= 11 is 0. The van der Waals surface area contributed by atoms with Gasteiger partial charge in [0.1, 0.15) is 11.9 Å². The Morgan fingerprint density at radius 3 is 2.72 bits per heavy atom. The molecule has 0 saturated carbocycles. The van der Waals surface area contributed by atoms with E-state index in [9.17, 15) is 4.79 Å². The van der Waals surface area contributed by atoms with Crippen LogP contribution in [0.25, 0.3) is 17.2 Å². The van der Waals surface area contributed by atoms with Crippen LogP contribution in [0.1, 0.15) is 43.9 Å². The number of hydrogen-bond donors (Lipinski definition) is 1. The van der Waals surface area contributed by atoms with Crippen LogP contribution in [-0.2, 0) is 4.74 Å². The maximum atomic E-state index is 12.9. The molecule has 4 heterocycles. The average Bonchev–Trinajstić information content (AvgIpc) is 2.81. The molecule has 5 heteroatoms. The Morgan fingerprint density at radius 1 is 1.22 bits per heavy atom. The van der Waals surface area contributed by atoms with Gasteiger partial charge in [-0.1, -0.05) is 62.9 Å². The van der Waals surface area contributed by atoms with Gasteiger partial charge in [-0.2, -0.15) is 0 Å². The summed E-state index contributed by atoms with van der Waals surface area (Å²) < 4.78 is 12.1. The number of rotatable bonds is 4. The Bertz CT molecular complexity index is 1020. The van der Waals surface area contributed by atoms with E-state index in [0.717, 1.165) is 60.5 Å². The summed E-state index contributed by atoms with van der Waals surface area (Å²) in [6, 6.07) is 14.2. The second kappa shape index (κ2) is 8.28. The van der Waals surface area contributed by atoms with E-state index in [1.165, 1.54) is 0 Å². The Balaban J connectivity index is 1.37. The molecule has 168 valence electrons. The fraction of sp³-hybridized carbons (Fsp3) is 0.444. The topological polar surface area (TPSA) is 50.8 Å². The van der Waals surface area contributed by atoms with Crippen LogP contribution in [0, 0.1) is 11.3 Å². The van der Waals surface area contributed by atoms with Crippen LogP contribution >= 0.6 is 0 Å². The number of hydrogen-bond acceptors (Lipinski definition) is 4. The number of carbonyl (C=O) groups is 1. The number of carbonyl (C=O) groups excluding carboxylic acids is 1. The average molecular weight is 433 g/mol. The molecule has 3 saturated heterocycles. The van der Waals surface area contributed by atoms with Gasteiger partial charge < -0.3 is 14.8 Å². The highest BCUT2D eigenvalue weighted by Gasteiger charge is 2.41. The molecule has 1 amide bonds. The molecule has 2 bridgehead atoms. The molecule has 3 fully saturated rings. The van der Waals surface area contributed by atoms with Crippen molar-refractivity contribution in [3.8, 4) is 16.9 Å². The first kappa shape index (κ1) is 21.1. The number of nitrogens with one attached hydrogen (secondary N) is 1. The van der Waals surface area contributed by atoms with Gasteiger partial charge in [-0.25, -0.2) is 4.79 Å². The van der Waals surface area contributed by atoms with Crippen LogP contribution in [0.15, 0.2) is 49.0 Å². The first-order chi connectivity index (χ1) is 15.4. The van der Waals surface area contributed by atoms with Crippen LogP contribution in [0.2, 0.25) is 0 Å². The molecule has 4 aliphatic rings. The van der Waals surface area contributed by atoms with E-state index in [1.54, 1.807) is 0 Å². The van der Waals surface area contributed by atoms with Gasteiger partial charge in [0.25, 0.3) is 0 Å². The molecule has 0 radical (unpaired) electrons. The number of amides is 1. The number of alkyl carbamates (subject to hydrolysis) is 1. The molecule has 2 atom stereocenters. The predicted molar refractivity (Wildman–Crippen MR) is 127 cm³/mol. The monoisotopic (exact) mass is 432 g/mol. The lowest BCUT2D eigenvalue weighted by Crippen LogP contribution is -2.53. The number of piperidine rings is 3. The molecule has 5 nitrogen and oxygen atoms in total. The van der Waals surface area contributed by atoms with E-state index < -0.39 is 0 Å². The van der Waals surface area contributed by atoms with Crippen LogP contribution in [0.3, 0.4) is 0 Å². The van der Waals surface area contributed by atoms with Crippen molar-refractivity contribution in [2.45, 2.75) is 38.8 Å². The molecule has 32 heavy (non-hydrogen) atoms. The molecular weight excluding hydrogens is 400 g/mol. The minimum atomic E-state index is -0.323. The summed E-state index contributed by atoms with van der Waals surface area (Å²) in [5.41, 5.74) is 4.02. The van der Waals surface area contributed by atoms with Gasteiger partial charge in [-0.3, -0.25) is 4.90 Å². The standard InChI is InChI=1S/C27H32N2O3/c1-4-18-7-5-6-8-21(18)20-9-10-22-23(15-20)31-17-27(2,3)25(22)28-26(30)32-24-16-29-13-11-19(24)12-14-29/h4-10,15,19,24-25H,1,11-14,16-17H2,2-3H3,(H,28,30)/t24-,25?/m1/s1. The zero-order valence-electron chi connectivity index (χ0n) is 19.0. The zero-order valence-corrected chi connectivity index (χ0v) is 19.0. The molecule has 1 unspecified atom stereocenters. The number of nitrogens with zero attached hydrogens (tertiary/aromatic N) is 1. The summed E-state index contributed by atoms with van der Waals surface area (Å²) in [6.07, 6.45) is 3.79. The molecule has 2 aromatic rings. The molecule has 2 aromatic carbocycles. The van der Waals surface area contributed by atoms with Crippen molar-refractivity contribution in [3.63, 3.8) is 0 Å². The molecule has 6 rings (SSSR count). The van der Waals surface area contributed by atoms with Crippen molar-refractivity contribution in [2.24, 2.45) is 11.3 Å². The first-order valence-corrected chi connectivity index (χ1v) is 11.6. The van der Waals surface area contributed by atoms with Gasteiger partial charge in [0, 0.05) is 17.5 Å². The fourth-order valence-electron chi connectivity index (χ4n) is 5.38. The second-order valence-corrected chi connectivity index (χ2v) is 9.98. The minimum absolute atomic E-state index is 0.00213. The van der Waals surface area contributed by atoms with Crippen LogP contribution in [-0.4, -0.2) is 43.3 Å². The van der Waals surface area contributed by atoms with Gasteiger partial charge in [-0.05, 0) is 54.6 Å². The smallest absolute Gasteiger partial charge is 0.407 e. The van der Waals surface area contributed by atoms with Crippen LogP contribution < -0.4 is 10.1 Å². The van der Waals surface area contributed by atoms with Gasteiger partial charge in [0.15, 0.2) is 0 Å². The van der Waals surface area contributed by atoms with Crippen molar-refractivity contribution in [2.75, 3.05) is 26.2 Å². The third-order valence-electron chi connectivity index (χ3n) is 7.31. The third kappa shape index (κ3) is 3.90. The zero-order chi connectivity index (χ0) is 22.3. The summed E-state index contributed by atoms with van der Waals surface area (Å²) in [7, 11) is 0. The summed E-state index contributed by atoms with van der Waals surface area (Å²) in [6.45, 7) is 11.8. The van der Waals surface area contributed by atoms with Crippen molar-refractivity contribution in [1.82, 2.24) is 10.2 Å². The van der Waals surface area contributed by atoms with E-state index in [-0.39, 0.29) is 23.7 Å². The predicted octanol–water partition coefficient (Wildman–Crippen LogP) is 5.28. The maximum absolute atomic E-state index is 12.9. The Hall–Kier alpha value is -2.79. The lowest BCUT2D eigenvalue weighted by molar-refractivity contribution is -0.0361. The molecule has 1 N–H and O–H groups in total. The third-order valence-corrected chi connectivity index (χ3v) is 7.31. The second-order valence-electron chi connectivity index (χ2n) is 9.98. The molecular formula is C27H32N2O3. The van der Waals surface area contributed by atoms with Crippen molar-refractivity contribution in [3.05, 3.63) is 60.2 Å². The van der Waals surface area contributed by atoms with Gasteiger partial charge in [-0.15, -0.1) is 0 Å². The van der Waals surface area contributed by atoms with Crippen LogP contribution in [0.4, 0.5) is 4.79 Å². The lowest BCUT2D eigenvalue weighted by Gasteiger charge is -2.44. The molecule has 0 aromatic heterocycles. The van der Waals surface area contributed by atoms with Gasteiger partial charge in [0.05, 0.1) is 12.6 Å². The summed E-state index contributed by atoms with van der Waals surface area (Å²) in [5, 5.41) is 3.18. The normalized spacial score (nSPS) is 27.7. The molecule has 0 spiro atoms. The number of benzene rings is 2. The van der Waals surface area contributed by atoms with Crippen LogP contribution in [0.5, 0.6) is 5.75 Å². The Morgan fingerprint density at radius 2 is 2.00 bits per heavy atom. The van der Waals surface area contributed by atoms with Gasteiger partial charge >= 0.3 is 6.09 Å². The highest BCUT2D eigenvalue weighted by atomic mass is 16.6. The van der Waals surface area contributed by atoms with E-state index >= 15 is 0 Å². The summed E-state index contributed by atoms with van der Waals surface area (Å²) in [5.74, 6) is 1.31. The quantitative estimate of drug-likeness (QED) is 0.714. The lowest BCUT2D eigenvalue weighted by atomic mass is 9.78. The van der Waals surface area contributed by atoms with E-state index in [2.05, 4.69) is 61.0 Å². The molecule has 0 aliphatic carbocycles. The van der Waals surface area contributed by atoms with Crippen molar-refractivity contribution < 1.29 is 14.3 Å². The largest absolute Gasteiger partial charge is 0.493 e. The van der Waals surface area contributed by atoms with E-state index in [4.69, 9.17) is 9.47 Å². The maximum Gasteiger partial charge on any atom is 0.407 e. The Kier molecular flexibility index (Phi) is 5.46. The Labute approximate surface area is 190 Å².